The van der Waals surface area contributed by atoms with Gasteiger partial charge >= 0.3 is 0 Å². The number of nitrogens with zero attached hydrogens (tertiary/aromatic N) is 3. The number of aromatic nitrogens is 4. The lowest BCUT2D eigenvalue weighted by Gasteiger charge is -2.10. The van der Waals surface area contributed by atoms with Crippen LogP contribution in [0.1, 0.15) is 38.2 Å². The largest absolute Gasteiger partial charge is 0.370 e. The summed E-state index contributed by atoms with van der Waals surface area (Å²) >= 11 is 1.33. The summed E-state index contributed by atoms with van der Waals surface area (Å²) in [6.07, 6.45) is 0. The van der Waals surface area contributed by atoms with Crippen molar-refractivity contribution >= 4 is 17.6 Å². The molecular formula is C14H19N5OS. The molecule has 0 atom stereocenters. The number of hydrogen-bond donors (Lipinski definition) is 2. The number of aryl methyl sites for hydroxylation is 1. The Kier molecular flexibility index (Phi) is 4.95. The van der Waals surface area contributed by atoms with Crippen molar-refractivity contribution in [2.24, 2.45) is 0 Å². The normalized spacial score (nSPS) is 10.9. The summed E-state index contributed by atoms with van der Waals surface area (Å²) in [6, 6.07) is 3.33. The molecule has 0 aliphatic heterocycles. The zero-order valence-electron chi connectivity index (χ0n) is 12.6. The van der Waals surface area contributed by atoms with E-state index in [-0.39, 0.29) is 11.5 Å². The average molecular weight is 305 g/mol. The fourth-order valence-corrected chi connectivity index (χ4v) is 2.57. The molecule has 0 aromatic carbocycles. The summed E-state index contributed by atoms with van der Waals surface area (Å²) < 4.78 is 0. The molecule has 0 aliphatic rings. The van der Waals surface area contributed by atoms with Crippen molar-refractivity contribution in [3.8, 4) is 0 Å². The number of nitrogens with one attached hydrogen (secondary N) is 2. The molecule has 21 heavy (non-hydrogen) atoms. The van der Waals surface area contributed by atoms with E-state index in [0.717, 1.165) is 23.2 Å². The van der Waals surface area contributed by atoms with Crippen LogP contribution in [0.3, 0.4) is 0 Å². The number of anilines is 1. The second-order valence-corrected chi connectivity index (χ2v) is 5.94. The third kappa shape index (κ3) is 4.29. The monoisotopic (exact) mass is 305 g/mol. The van der Waals surface area contributed by atoms with Crippen LogP contribution in [0, 0.1) is 6.92 Å². The van der Waals surface area contributed by atoms with Gasteiger partial charge in [-0.3, -0.25) is 4.79 Å². The lowest BCUT2D eigenvalue weighted by Crippen LogP contribution is -2.09. The molecule has 7 heteroatoms. The van der Waals surface area contributed by atoms with Gasteiger partial charge in [-0.05, 0) is 25.6 Å². The summed E-state index contributed by atoms with van der Waals surface area (Å²) in [5.41, 5.74) is 0.529. The van der Waals surface area contributed by atoms with Crippen LogP contribution in [0.2, 0.25) is 0 Å². The first-order valence-corrected chi connectivity index (χ1v) is 7.68. The van der Waals surface area contributed by atoms with Gasteiger partial charge in [-0.1, -0.05) is 13.8 Å². The molecule has 2 rings (SSSR count). The van der Waals surface area contributed by atoms with Gasteiger partial charge in [0, 0.05) is 30.3 Å². The Labute approximate surface area is 127 Å². The lowest BCUT2D eigenvalue weighted by molar-refractivity contribution is 0.753. The van der Waals surface area contributed by atoms with E-state index in [2.05, 4.69) is 25.3 Å². The van der Waals surface area contributed by atoms with Crippen molar-refractivity contribution in [2.45, 2.75) is 43.8 Å². The summed E-state index contributed by atoms with van der Waals surface area (Å²) in [4.78, 5) is 27.5. The third-order valence-corrected chi connectivity index (χ3v) is 3.45. The van der Waals surface area contributed by atoms with E-state index in [1.54, 1.807) is 6.92 Å². The fraction of sp³-hybridized carbons (Fsp3) is 0.429. The standard InChI is InChI=1S/C14H19N5OS/c1-5-15-10-7-12(19-13(17-10)8(2)3)21-14-16-9(4)6-11(20)18-14/h6-8H,5H2,1-4H3,(H,15,17,19)(H,16,18,20). The van der Waals surface area contributed by atoms with Crippen molar-refractivity contribution in [3.05, 3.63) is 34.0 Å². The molecule has 0 amide bonds. The Morgan fingerprint density at radius 1 is 1.29 bits per heavy atom. The highest BCUT2D eigenvalue weighted by atomic mass is 32.2. The van der Waals surface area contributed by atoms with Gasteiger partial charge in [0.15, 0.2) is 5.16 Å². The van der Waals surface area contributed by atoms with E-state index in [4.69, 9.17) is 0 Å². The SMILES string of the molecule is CCNc1cc(Sc2nc(C)cc(=O)[nH]2)nc(C(C)C)n1. The van der Waals surface area contributed by atoms with E-state index in [9.17, 15) is 4.79 Å². The summed E-state index contributed by atoms with van der Waals surface area (Å²) in [5.74, 6) is 1.78. The van der Waals surface area contributed by atoms with Gasteiger partial charge in [0.05, 0.1) is 0 Å². The molecule has 2 aromatic rings. The van der Waals surface area contributed by atoms with Gasteiger partial charge in [0.1, 0.15) is 16.7 Å². The van der Waals surface area contributed by atoms with Gasteiger partial charge in [-0.25, -0.2) is 15.0 Å². The van der Waals surface area contributed by atoms with E-state index in [1.165, 1.54) is 17.8 Å². The number of aromatic amines is 1. The molecule has 0 bridgehead atoms. The number of H-pyrrole nitrogens is 1. The molecule has 0 saturated heterocycles. The van der Waals surface area contributed by atoms with Crippen molar-refractivity contribution in [3.63, 3.8) is 0 Å². The molecule has 0 unspecified atom stereocenters. The van der Waals surface area contributed by atoms with Crippen LogP contribution in [0.4, 0.5) is 5.82 Å². The Balaban J connectivity index is 2.35. The van der Waals surface area contributed by atoms with E-state index in [1.807, 2.05) is 26.8 Å². The molecule has 0 saturated carbocycles. The predicted octanol–water partition coefficient (Wildman–Crippen LogP) is 2.57. The zero-order valence-corrected chi connectivity index (χ0v) is 13.4. The summed E-state index contributed by atoms with van der Waals surface area (Å²) in [7, 11) is 0. The van der Waals surface area contributed by atoms with E-state index < -0.39 is 0 Å². The van der Waals surface area contributed by atoms with Crippen LogP contribution in [0.15, 0.2) is 27.1 Å². The number of rotatable bonds is 5. The minimum atomic E-state index is -0.157. The second kappa shape index (κ2) is 6.71. The molecule has 2 heterocycles. The van der Waals surface area contributed by atoms with Crippen LogP contribution in [0.25, 0.3) is 0 Å². The molecule has 112 valence electrons. The minimum Gasteiger partial charge on any atom is -0.370 e. The van der Waals surface area contributed by atoms with Crippen molar-refractivity contribution in [1.82, 2.24) is 19.9 Å². The highest BCUT2D eigenvalue weighted by molar-refractivity contribution is 7.99. The highest BCUT2D eigenvalue weighted by Gasteiger charge is 2.10. The van der Waals surface area contributed by atoms with Crippen molar-refractivity contribution in [2.75, 3.05) is 11.9 Å². The van der Waals surface area contributed by atoms with E-state index >= 15 is 0 Å². The average Bonchev–Trinajstić information content (AvgIpc) is 2.37. The van der Waals surface area contributed by atoms with Gasteiger partial charge in [0.2, 0.25) is 0 Å². The molecule has 0 spiro atoms. The number of hydrogen-bond acceptors (Lipinski definition) is 6. The molecule has 2 aromatic heterocycles. The lowest BCUT2D eigenvalue weighted by atomic mass is 10.2. The third-order valence-electron chi connectivity index (χ3n) is 2.64. The van der Waals surface area contributed by atoms with Crippen molar-refractivity contribution in [1.29, 1.82) is 0 Å². The van der Waals surface area contributed by atoms with Crippen molar-refractivity contribution < 1.29 is 0 Å². The summed E-state index contributed by atoms with van der Waals surface area (Å²) in [5, 5.41) is 4.50. The fourth-order valence-electron chi connectivity index (χ4n) is 1.72. The first kappa shape index (κ1) is 15.5. The Bertz CT molecular complexity index is 683. The Morgan fingerprint density at radius 3 is 2.67 bits per heavy atom. The molecule has 0 aliphatic carbocycles. The zero-order chi connectivity index (χ0) is 15.4. The van der Waals surface area contributed by atoms with Crippen LogP contribution >= 0.6 is 11.8 Å². The topological polar surface area (TPSA) is 83.6 Å². The maximum absolute atomic E-state index is 11.5. The van der Waals surface area contributed by atoms with Crippen LogP contribution < -0.4 is 10.9 Å². The first-order valence-electron chi connectivity index (χ1n) is 6.86. The quantitative estimate of drug-likeness (QED) is 0.652. The summed E-state index contributed by atoms with van der Waals surface area (Å²) in [6.45, 7) is 8.70. The molecular weight excluding hydrogens is 286 g/mol. The molecule has 6 nitrogen and oxygen atoms in total. The van der Waals surface area contributed by atoms with Crippen LogP contribution in [0.5, 0.6) is 0 Å². The Hall–Kier alpha value is -1.89. The second-order valence-electron chi connectivity index (χ2n) is 4.93. The first-order chi connectivity index (χ1) is 9.97. The van der Waals surface area contributed by atoms with Gasteiger partial charge in [-0.15, -0.1) is 0 Å². The Morgan fingerprint density at radius 2 is 2.05 bits per heavy atom. The van der Waals surface area contributed by atoms with Crippen LogP contribution in [-0.2, 0) is 0 Å². The van der Waals surface area contributed by atoms with Gasteiger partial charge < -0.3 is 10.3 Å². The molecule has 2 N–H and O–H groups in total. The van der Waals surface area contributed by atoms with E-state index in [0.29, 0.717) is 10.9 Å². The predicted molar refractivity (Wildman–Crippen MR) is 84.0 cm³/mol. The molecule has 0 fully saturated rings. The highest BCUT2D eigenvalue weighted by Crippen LogP contribution is 2.25. The maximum Gasteiger partial charge on any atom is 0.251 e. The van der Waals surface area contributed by atoms with Crippen LogP contribution in [-0.4, -0.2) is 26.5 Å². The smallest absolute Gasteiger partial charge is 0.251 e. The molecule has 0 radical (unpaired) electrons. The van der Waals surface area contributed by atoms with Gasteiger partial charge in [0.25, 0.3) is 5.56 Å². The maximum atomic E-state index is 11.5. The minimum absolute atomic E-state index is 0.157. The van der Waals surface area contributed by atoms with Gasteiger partial charge in [-0.2, -0.15) is 0 Å².